The Kier molecular flexibility index (Phi) is 4.82. The van der Waals surface area contributed by atoms with E-state index in [1.54, 1.807) is 18.5 Å². The van der Waals surface area contributed by atoms with Crippen molar-refractivity contribution < 1.29 is 18.0 Å². The Morgan fingerprint density at radius 1 is 1.48 bits per heavy atom. The Bertz CT molecular complexity index is 478. The van der Waals surface area contributed by atoms with Crippen molar-refractivity contribution in [2.75, 3.05) is 6.54 Å². The molecule has 7 heteroatoms. The molecule has 0 bridgehead atoms. The molecular weight excluding hydrogens is 283 g/mol. The maximum Gasteiger partial charge on any atom is 0.408 e. The first-order valence-corrected chi connectivity index (χ1v) is 6.84. The van der Waals surface area contributed by atoms with Crippen molar-refractivity contribution in [3.05, 3.63) is 30.1 Å². The van der Waals surface area contributed by atoms with E-state index < -0.39 is 18.1 Å². The minimum atomic E-state index is -4.36. The topological polar surface area (TPSA) is 45.2 Å². The molecule has 1 amide bonds. The van der Waals surface area contributed by atoms with Crippen LogP contribution < -0.4 is 5.32 Å². The van der Waals surface area contributed by atoms with Crippen LogP contribution in [0.3, 0.4) is 0 Å². The second-order valence-corrected chi connectivity index (χ2v) is 5.25. The highest BCUT2D eigenvalue weighted by atomic mass is 19.4. The number of rotatable bonds is 3. The van der Waals surface area contributed by atoms with E-state index in [-0.39, 0.29) is 19.0 Å². The van der Waals surface area contributed by atoms with Crippen molar-refractivity contribution in [1.82, 2.24) is 15.2 Å². The number of carbonyl (C=O) groups is 1. The lowest BCUT2D eigenvalue weighted by atomic mass is 9.97. The average Bonchev–Trinajstić information content (AvgIpc) is 2.45. The van der Waals surface area contributed by atoms with Crippen LogP contribution in [-0.4, -0.2) is 40.6 Å². The Morgan fingerprint density at radius 3 is 2.81 bits per heavy atom. The molecule has 0 aliphatic carbocycles. The van der Waals surface area contributed by atoms with Gasteiger partial charge in [-0.05, 0) is 24.5 Å². The zero-order valence-corrected chi connectivity index (χ0v) is 11.7. The second kappa shape index (κ2) is 6.43. The highest BCUT2D eigenvalue weighted by Crippen LogP contribution is 2.32. The van der Waals surface area contributed by atoms with E-state index in [0.29, 0.717) is 13.0 Å². The zero-order chi connectivity index (χ0) is 15.5. The second-order valence-electron chi connectivity index (χ2n) is 5.25. The average molecular weight is 301 g/mol. The lowest BCUT2D eigenvalue weighted by Gasteiger charge is -2.40. The number of nitrogens with zero attached hydrogens (tertiary/aromatic N) is 2. The molecule has 1 N–H and O–H groups in total. The predicted octanol–water partition coefficient (Wildman–Crippen LogP) is 2.11. The van der Waals surface area contributed by atoms with E-state index in [9.17, 15) is 18.0 Å². The first-order valence-electron chi connectivity index (χ1n) is 6.84. The quantitative estimate of drug-likeness (QED) is 0.930. The normalized spacial score (nSPS) is 23.1. The fraction of sp³-hybridized carbons (Fsp3) is 0.571. The number of carbonyl (C=O) groups excluding carboxylic acids is 1. The minimum Gasteiger partial charge on any atom is -0.329 e. The third kappa shape index (κ3) is 4.17. The molecular formula is C14H18F3N3O. The summed E-state index contributed by atoms with van der Waals surface area (Å²) in [6.07, 6.45) is -0.658. The number of hydrogen-bond donors (Lipinski definition) is 1. The van der Waals surface area contributed by atoms with Crippen LogP contribution in [0, 0.1) is 0 Å². The largest absolute Gasteiger partial charge is 0.408 e. The highest BCUT2D eigenvalue weighted by molar-refractivity contribution is 5.73. The molecule has 2 atom stereocenters. The van der Waals surface area contributed by atoms with Crippen LogP contribution in [0.2, 0.25) is 0 Å². The number of alkyl halides is 3. The summed E-state index contributed by atoms with van der Waals surface area (Å²) in [5, 5.41) is 3.19. The van der Waals surface area contributed by atoms with Gasteiger partial charge in [-0.25, -0.2) is 0 Å². The van der Waals surface area contributed by atoms with Crippen LogP contribution in [0.25, 0.3) is 0 Å². The van der Waals surface area contributed by atoms with Crippen LogP contribution in [0.4, 0.5) is 13.2 Å². The number of amides is 1. The van der Waals surface area contributed by atoms with Crippen LogP contribution in [-0.2, 0) is 11.3 Å². The van der Waals surface area contributed by atoms with Gasteiger partial charge in [0.05, 0.1) is 0 Å². The maximum absolute atomic E-state index is 12.9. The molecule has 1 aromatic heterocycles. The Hall–Kier alpha value is -1.63. The van der Waals surface area contributed by atoms with Crippen molar-refractivity contribution in [2.45, 2.75) is 44.6 Å². The van der Waals surface area contributed by atoms with Gasteiger partial charge < -0.3 is 10.2 Å². The molecule has 1 fully saturated rings. The van der Waals surface area contributed by atoms with Crippen molar-refractivity contribution in [1.29, 1.82) is 0 Å². The summed E-state index contributed by atoms with van der Waals surface area (Å²) in [7, 11) is 0. The predicted molar refractivity (Wildman–Crippen MR) is 71.3 cm³/mol. The van der Waals surface area contributed by atoms with Gasteiger partial charge in [0.1, 0.15) is 6.04 Å². The first-order chi connectivity index (χ1) is 9.88. The summed E-state index contributed by atoms with van der Waals surface area (Å²) in [5.74, 6) is -0.537. The Labute approximate surface area is 121 Å². The highest BCUT2D eigenvalue weighted by Gasteiger charge is 2.47. The van der Waals surface area contributed by atoms with E-state index >= 15 is 0 Å². The van der Waals surface area contributed by atoms with Crippen LogP contribution in [0.1, 0.15) is 25.3 Å². The summed E-state index contributed by atoms with van der Waals surface area (Å²) in [5.41, 5.74) is 0.963. The smallest absolute Gasteiger partial charge is 0.329 e. The molecule has 1 aliphatic heterocycles. The zero-order valence-electron chi connectivity index (χ0n) is 11.7. The van der Waals surface area contributed by atoms with E-state index in [0.717, 1.165) is 10.5 Å². The third-order valence-corrected chi connectivity index (χ3v) is 3.68. The van der Waals surface area contributed by atoms with Gasteiger partial charge in [-0.3, -0.25) is 9.78 Å². The van der Waals surface area contributed by atoms with Crippen molar-refractivity contribution in [3.8, 4) is 0 Å². The van der Waals surface area contributed by atoms with Crippen LogP contribution in [0.15, 0.2) is 24.5 Å². The van der Waals surface area contributed by atoms with Crippen LogP contribution >= 0.6 is 0 Å². The fourth-order valence-electron chi connectivity index (χ4n) is 2.59. The van der Waals surface area contributed by atoms with Crippen molar-refractivity contribution in [2.24, 2.45) is 0 Å². The van der Waals surface area contributed by atoms with Gasteiger partial charge in [0.15, 0.2) is 0 Å². The molecule has 1 aromatic rings. The fourth-order valence-corrected chi connectivity index (χ4v) is 2.59. The van der Waals surface area contributed by atoms with E-state index in [2.05, 4.69) is 10.3 Å². The molecule has 1 saturated heterocycles. The Morgan fingerprint density at radius 2 is 2.24 bits per heavy atom. The third-order valence-electron chi connectivity index (χ3n) is 3.68. The van der Waals surface area contributed by atoms with Gasteiger partial charge in [0.25, 0.3) is 0 Å². The SMILES string of the molecule is CC(=O)N1CC(NCc2cccnc2)CCC1C(F)(F)F. The molecule has 116 valence electrons. The summed E-state index contributed by atoms with van der Waals surface area (Å²) in [4.78, 5) is 16.4. The van der Waals surface area contributed by atoms with Gasteiger partial charge in [0.2, 0.25) is 5.91 Å². The molecule has 1 aliphatic rings. The molecule has 0 spiro atoms. The summed E-state index contributed by atoms with van der Waals surface area (Å²) >= 11 is 0. The van der Waals surface area contributed by atoms with E-state index in [1.165, 1.54) is 6.92 Å². The summed E-state index contributed by atoms with van der Waals surface area (Å²) in [6, 6.07) is 1.91. The van der Waals surface area contributed by atoms with Gasteiger partial charge in [0, 0.05) is 38.4 Å². The molecule has 0 radical (unpaired) electrons. The number of pyridine rings is 1. The maximum atomic E-state index is 12.9. The van der Waals surface area contributed by atoms with E-state index in [4.69, 9.17) is 0 Å². The lowest BCUT2D eigenvalue weighted by Crippen LogP contribution is -2.57. The van der Waals surface area contributed by atoms with Crippen molar-refractivity contribution >= 4 is 5.91 Å². The molecule has 2 rings (SSSR count). The number of nitrogens with one attached hydrogen (secondary N) is 1. The number of hydrogen-bond acceptors (Lipinski definition) is 3. The number of piperidine rings is 1. The van der Waals surface area contributed by atoms with Gasteiger partial charge >= 0.3 is 6.18 Å². The summed E-state index contributed by atoms with van der Waals surface area (Å²) < 4.78 is 38.7. The first kappa shape index (κ1) is 15.8. The molecule has 0 saturated carbocycles. The molecule has 2 heterocycles. The monoisotopic (exact) mass is 301 g/mol. The Balaban J connectivity index is 1.94. The van der Waals surface area contributed by atoms with Gasteiger partial charge in [-0.15, -0.1) is 0 Å². The molecule has 21 heavy (non-hydrogen) atoms. The standard InChI is InChI=1S/C14H18F3N3O/c1-10(21)20-9-12(4-5-13(20)14(15,16)17)19-8-11-3-2-6-18-7-11/h2-3,6-7,12-13,19H,4-5,8-9H2,1H3. The van der Waals surface area contributed by atoms with E-state index in [1.807, 2.05) is 6.07 Å². The molecule has 2 unspecified atom stereocenters. The van der Waals surface area contributed by atoms with Gasteiger partial charge in [-0.1, -0.05) is 6.07 Å². The van der Waals surface area contributed by atoms with Crippen molar-refractivity contribution in [3.63, 3.8) is 0 Å². The van der Waals surface area contributed by atoms with Crippen LogP contribution in [0.5, 0.6) is 0 Å². The number of likely N-dealkylation sites (tertiary alicyclic amines) is 1. The minimum absolute atomic E-state index is 0.0617. The number of halogens is 3. The van der Waals surface area contributed by atoms with Gasteiger partial charge in [-0.2, -0.15) is 13.2 Å². The molecule has 4 nitrogen and oxygen atoms in total. The number of aromatic nitrogens is 1. The lowest BCUT2D eigenvalue weighted by molar-refractivity contribution is -0.196. The summed E-state index contributed by atoms with van der Waals surface area (Å²) in [6.45, 7) is 1.79. The molecule has 0 aromatic carbocycles.